The first-order valence-corrected chi connectivity index (χ1v) is 6.81. The Kier molecular flexibility index (Phi) is 4.61. The van der Waals surface area contributed by atoms with Crippen molar-refractivity contribution in [3.8, 4) is 5.75 Å². The van der Waals surface area contributed by atoms with E-state index in [1.165, 1.54) is 11.1 Å². The Labute approximate surface area is 110 Å². The van der Waals surface area contributed by atoms with Crippen LogP contribution in [-0.4, -0.2) is 43.7 Å². The van der Waals surface area contributed by atoms with E-state index < -0.39 is 0 Å². The minimum atomic E-state index is 0.612. The molecule has 2 rings (SSSR count). The lowest BCUT2D eigenvalue weighted by Crippen LogP contribution is -2.50. The van der Waals surface area contributed by atoms with Crippen molar-refractivity contribution in [2.75, 3.05) is 32.8 Å². The zero-order valence-electron chi connectivity index (χ0n) is 11.7. The van der Waals surface area contributed by atoms with E-state index in [1.807, 2.05) is 0 Å². The van der Waals surface area contributed by atoms with Gasteiger partial charge in [0.05, 0.1) is 0 Å². The quantitative estimate of drug-likeness (QED) is 0.882. The summed E-state index contributed by atoms with van der Waals surface area (Å²) >= 11 is 0. The Morgan fingerprint density at radius 1 is 1.39 bits per heavy atom. The molecule has 1 aromatic carbocycles. The van der Waals surface area contributed by atoms with Crippen molar-refractivity contribution in [2.24, 2.45) is 0 Å². The topological polar surface area (TPSA) is 24.5 Å². The van der Waals surface area contributed by atoms with Crippen molar-refractivity contribution in [2.45, 2.75) is 26.8 Å². The van der Waals surface area contributed by atoms with Gasteiger partial charge in [0.25, 0.3) is 0 Å². The van der Waals surface area contributed by atoms with Crippen molar-refractivity contribution < 1.29 is 4.74 Å². The Morgan fingerprint density at radius 2 is 2.22 bits per heavy atom. The average Bonchev–Trinajstić information content (AvgIpc) is 2.36. The van der Waals surface area contributed by atoms with Gasteiger partial charge in [0.2, 0.25) is 0 Å². The molecule has 0 saturated carbocycles. The molecule has 1 aliphatic rings. The molecule has 1 heterocycles. The summed E-state index contributed by atoms with van der Waals surface area (Å²) in [6, 6.07) is 6.98. The Balaban J connectivity index is 1.82. The molecule has 0 unspecified atom stereocenters. The highest BCUT2D eigenvalue weighted by Crippen LogP contribution is 2.19. The van der Waals surface area contributed by atoms with Gasteiger partial charge >= 0.3 is 0 Å². The van der Waals surface area contributed by atoms with Crippen LogP contribution in [0.5, 0.6) is 5.75 Å². The van der Waals surface area contributed by atoms with Gasteiger partial charge in [-0.2, -0.15) is 0 Å². The molecule has 0 bridgehead atoms. The summed E-state index contributed by atoms with van der Waals surface area (Å²) in [7, 11) is 0. The molecule has 1 aromatic rings. The van der Waals surface area contributed by atoms with Crippen LogP contribution in [0.25, 0.3) is 0 Å². The second-order valence-corrected chi connectivity index (χ2v) is 5.21. The molecule has 1 N–H and O–H groups in total. The van der Waals surface area contributed by atoms with Gasteiger partial charge in [-0.1, -0.05) is 12.1 Å². The van der Waals surface area contributed by atoms with Gasteiger partial charge in [-0.25, -0.2) is 0 Å². The van der Waals surface area contributed by atoms with E-state index in [9.17, 15) is 0 Å². The third-order valence-corrected chi connectivity index (χ3v) is 3.62. The molecule has 1 fully saturated rings. The number of aryl methyl sites for hydroxylation is 2. The maximum absolute atomic E-state index is 5.91. The van der Waals surface area contributed by atoms with Crippen molar-refractivity contribution in [1.82, 2.24) is 10.2 Å². The molecule has 1 atom stereocenters. The molecule has 1 aliphatic heterocycles. The molecule has 3 nitrogen and oxygen atoms in total. The maximum Gasteiger partial charge on any atom is 0.122 e. The summed E-state index contributed by atoms with van der Waals surface area (Å²) in [6.45, 7) is 11.6. The van der Waals surface area contributed by atoms with Gasteiger partial charge in [-0.05, 0) is 38.0 Å². The van der Waals surface area contributed by atoms with E-state index in [2.05, 4.69) is 49.2 Å². The third kappa shape index (κ3) is 3.47. The van der Waals surface area contributed by atoms with Gasteiger partial charge in [-0.15, -0.1) is 0 Å². The molecule has 1 saturated heterocycles. The number of rotatable bonds is 4. The van der Waals surface area contributed by atoms with E-state index in [0.29, 0.717) is 6.04 Å². The minimum Gasteiger partial charge on any atom is -0.492 e. The van der Waals surface area contributed by atoms with Crippen LogP contribution in [0.4, 0.5) is 0 Å². The highest BCUT2D eigenvalue weighted by Gasteiger charge is 2.17. The molecular weight excluding hydrogens is 224 g/mol. The van der Waals surface area contributed by atoms with Crippen molar-refractivity contribution in [1.29, 1.82) is 0 Å². The van der Waals surface area contributed by atoms with E-state index in [0.717, 1.165) is 38.5 Å². The predicted octanol–water partition coefficient (Wildman–Crippen LogP) is 1.98. The lowest BCUT2D eigenvalue weighted by Gasteiger charge is -2.33. The summed E-state index contributed by atoms with van der Waals surface area (Å²) in [5.74, 6) is 1.03. The highest BCUT2D eigenvalue weighted by molar-refractivity contribution is 5.35. The van der Waals surface area contributed by atoms with Gasteiger partial charge in [-0.3, -0.25) is 4.90 Å². The first kappa shape index (κ1) is 13.4. The number of nitrogens with zero attached hydrogens (tertiary/aromatic N) is 1. The van der Waals surface area contributed by atoms with Crippen LogP contribution >= 0.6 is 0 Å². The molecular formula is C15H24N2O. The maximum atomic E-state index is 5.91. The van der Waals surface area contributed by atoms with E-state index in [4.69, 9.17) is 4.74 Å². The summed E-state index contributed by atoms with van der Waals surface area (Å²) in [4.78, 5) is 2.49. The van der Waals surface area contributed by atoms with Crippen LogP contribution in [0.1, 0.15) is 18.1 Å². The van der Waals surface area contributed by atoms with Crippen LogP contribution in [0.3, 0.4) is 0 Å². The molecule has 0 spiro atoms. The van der Waals surface area contributed by atoms with Crippen molar-refractivity contribution in [3.05, 3.63) is 29.3 Å². The van der Waals surface area contributed by atoms with Crippen LogP contribution in [0.15, 0.2) is 18.2 Å². The van der Waals surface area contributed by atoms with Gasteiger partial charge in [0, 0.05) is 32.2 Å². The Bertz CT molecular complexity index is 392. The number of hydrogen-bond acceptors (Lipinski definition) is 3. The minimum absolute atomic E-state index is 0.612. The fraction of sp³-hybridized carbons (Fsp3) is 0.600. The number of ether oxygens (including phenoxy) is 1. The van der Waals surface area contributed by atoms with Gasteiger partial charge < -0.3 is 10.1 Å². The van der Waals surface area contributed by atoms with Crippen LogP contribution in [0.2, 0.25) is 0 Å². The number of piperazine rings is 1. The van der Waals surface area contributed by atoms with E-state index >= 15 is 0 Å². The van der Waals surface area contributed by atoms with Crippen LogP contribution in [0, 0.1) is 13.8 Å². The first-order valence-electron chi connectivity index (χ1n) is 6.81. The summed E-state index contributed by atoms with van der Waals surface area (Å²) in [6.07, 6.45) is 0. The Hall–Kier alpha value is -1.06. The van der Waals surface area contributed by atoms with Crippen molar-refractivity contribution >= 4 is 0 Å². The third-order valence-electron chi connectivity index (χ3n) is 3.62. The molecule has 18 heavy (non-hydrogen) atoms. The molecule has 100 valence electrons. The standard InChI is InChI=1S/C15H24N2O/c1-12-4-5-13(2)15(10-12)18-9-8-17-7-6-16-11-14(17)3/h4-5,10,14,16H,6-9,11H2,1-3H3/t14-/m1/s1. The molecule has 3 heteroatoms. The highest BCUT2D eigenvalue weighted by atomic mass is 16.5. The van der Waals surface area contributed by atoms with E-state index in [-0.39, 0.29) is 0 Å². The second kappa shape index (κ2) is 6.21. The summed E-state index contributed by atoms with van der Waals surface area (Å²) in [5.41, 5.74) is 2.47. The smallest absolute Gasteiger partial charge is 0.122 e. The van der Waals surface area contributed by atoms with Gasteiger partial charge in [0.15, 0.2) is 0 Å². The molecule has 0 amide bonds. The SMILES string of the molecule is Cc1ccc(C)c(OCCN2CCNC[C@H]2C)c1. The summed E-state index contributed by atoms with van der Waals surface area (Å²) < 4.78 is 5.91. The van der Waals surface area contributed by atoms with E-state index in [1.54, 1.807) is 0 Å². The number of nitrogens with one attached hydrogen (secondary N) is 1. The van der Waals surface area contributed by atoms with Crippen LogP contribution in [-0.2, 0) is 0 Å². The lowest BCUT2D eigenvalue weighted by molar-refractivity contribution is 0.143. The molecule has 0 aliphatic carbocycles. The average molecular weight is 248 g/mol. The lowest BCUT2D eigenvalue weighted by atomic mass is 10.1. The fourth-order valence-electron chi connectivity index (χ4n) is 2.35. The Morgan fingerprint density at radius 3 is 3.00 bits per heavy atom. The zero-order valence-corrected chi connectivity index (χ0v) is 11.7. The monoisotopic (exact) mass is 248 g/mol. The van der Waals surface area contributed by atoms with Crippen molar-refractivity contribution in [3.63, 3.8) is 0 Å². The fourth-order valence-corrected chi connectivity index (χ4v) is 2.35. The first-order chi connectivity index (χ1) is 8.66. The van der Waals surface area contributed by atoms with Gasteiger partial charge in [0.1, 0.15) is 12.4 Å². The largest absolute Gasteiger partial charge is 0.492 e. The zero-order chi connectivity index (χ0) is 13.0. The predicted molar refractivity (Wildman–Crippen MR) is 75.3 cm³/mol. The number of hydrogen-bond donors (Lipinski definition) is 1. The normalized spacial score (nSPS) is 20.9. The second-order valence-electron chi connectivity index (χ2n) is 5.21. The summed E-state index contributed by atoms with van der Waals surface area (Å²) in [5, 5.41) is 3.41. The number of benzene rings is 1. The molecule has 0 aromatic heterocycles. The molecule has 0 radical (unpaired) electrons. The van der Waals surface area contributed by atoms with Crippen LogP contribution < -0.4 is 10.1 Å².